The van der Waals surface area contributed by atoms with Crippen molar-refractivity contribution in [3.8, 4) is 0 Å². The highest BCUT2D eigenvalue weighted by atomic mass is 16.3. The molecule has 1 unspecified atom stereocenters. The van der Waals surface area contributed by atoms with Crippen molar-refractivity contribution >= 4 is 5.91 Å². The Kier molecular flexibility index (Phi) is 5.30. The summed E-state index contributed by atoms with van der Waals surface area (Å²) in [6, 6.07) is 8.52. The molecule has 2 aliphatic rings. The summed E-state index contributed by atoms with van der Waals surface area (Å²) in [5, 5.41) is 10.2. The molecule has 5 nitrogen and oxygen atoms in total. The molecule has 0 radical (unpaired) electrons. The summed E-state index contributed by atoms with van der Waals surface area (Å²) in [7, 11) is 0. The van der Waals surface area contributed by atoms with E-state index in [0.717, 1.165) is 38.9 Å². The molecule has 1 amide bonds. The zero-order chi connectivity index (χ0) is 16.2. The lowest BCUT2D eigenvalue weighted by atomic mass is 10.1. The first-order chi connectivity index (χ1) is 11.2. The third-order valence-electron chi connectivity index (χ3n) is 4.69. The van der Waals surface area contributed by atoms with Crippen LogP contribution in [0.2, 0.25) is 0 Å². The maximum absolute atomic E-state index is 12.2. The van der Waals surface area contributed by atoms with Crippen molar-refractivity contribution in [1.82, 2.24) is 9.80 Å². The lowest BCUT2D eigenvalue weighted by molar-refractivity contribution is -0.133. The number of hydrogen-bond donors (Lipinski definition) is 2. The zero-order valence-electron chi connectivity index (χ0n) is 13.7. The van der Waals surface area contributed by atoms with Gasteiger partial charge in [-0.15, -0.1) is 0 Å². The van der Waals surface area contributed by atoms with Gasteiger partial charge in [-0.25, -0.2) is 0 Å². The minimum absolute atomic E-state index is 0.226. The number of carbonyl (C=O) groups excluding carboxylic acids is 1. The predicted molar refractivity (Wildman–Crippen MR) is 89.8 cm³/mol. The predicted octanol–water partition coefficient (Wildman–Crippen LogP) is 0.603. The molecule has 3 rings (SSSR count). The second-order valence-corrected chi connectivity index (χ2v) is 6.80. The van der Waals surface area contributed by atoms with Crippen LogP contribution in [0, 0.1) is 5.92 Å². The monoisotopic (exact) mass is 317 g/mol. The molecule has 0 bridgehead atoms. The number of benzene rings is 1. The molecule has 126 valence electrons. The molecule has 0 aromatic heterocycles. The van der Waals surface area contributed by atoms with E-state index in [9.17, 15) is 9.90 Å². The average Bonchev–Trinajstić information content (AvgIpc) is 3.37. The highest BCUT2D eigenvalue weighted by molar-refractivity contribution is 5.81. The maximum atomic E-state index is 12.2. The number of β-amino-alcohol motifs (C(OH)–C–C–N with tert-alkyl or cyclic N) is 1. The Morgan fingerprint density at radius 3 is 2.48 bits per heavy atom. The summed E-state index contributed by atoms with van der Waals surface area (Å²) in [6.07, 6.45) is 2.48. The first-order valence-corrected chi connectivity index (χ1v) is 8.63. The van der Waals surface area contributed by atoms with Gasteiger partial charge in [-0.3, -0.25) is 9.69 Å². The van der Waals surface area contributed by atoms with Crippen LogP contribution in [0.5, 0.6) is 0 Å². The van der Waals surface area contributed by atoms with Crippen molar-refractivity contribution in [2.45, 2.75) is 31.9 Å². The molecule has 1 aliphatic carbocycles. The highest BCUT2D eigenvalue weighted by Gasteiger charge is 2.35. The van der Waals surface area contributed by atoms with Gasteiger partial charge in [-0.2, -0.15) is 0 Å². The van der Waals surface area contributed by atoms with Crippen molar-refractivity contribution in [3.63, 3.8) is 0 Å². The molecule has 2 fully saturated rings. The molecule has 1 aromatic rings. The second-order valence-electron chi connectivity index (χ2n) is 6.80. The summed E-state index contributed by atoms with van der Waals surface area (Å²) < 4.78 is 0. The van der Waals surface area contributed by atoms with Crippen LogP contribution in [0.4, 0.5) is 0 Å². The number of amides is 1. The maximum Gasteiger partial charge on any atom is 0.225 e. The van der Waals surface area contributed by atoms with Crippen molar-refractivity contribution in [2.75, 3.05) is 32.7 Å². The molecule has 1 heterocycles. The van der Waals surface area contributed by atoms with Gasteiger partial charge in [0.2, 0.25) is 5.91 Å². The molecule has 1 aromatic carbocycles. The Bertz CT molecular complexity index is 528. The molecule has 3 N–H and O–H groups in total. The lowest BCUT2D eigenvalue weighted by Gasteiger charge is -2.22. The van der Waals surface area contributed by atoms with E-state index in [1.54, 1.807) is 0 Å². The van der Waals surface area contributed by atoms with Crippen LogP contribution in [0.15, 0.2) is 24.3 Å². The van der Waals surface area contributed by atoms with Gasteiger partial charge in [0.1, 0.15) is 0 Å². The number of nitrogens with two attached hydrogens (primary N) is 1. The third-order valence-corrected chi connectivity index (χ3v) is 4.69. The molecular formula is C18H27N3O2. The standard InChI is InChI=1S/C18H27N3O2/c19-8-7-14-1-3-15(4-2-14)11-20-9-10-21(13-17(22)12-20)18(23)16-5-6-16/h1-4,16-17,22H,5-13,19H2. The van der Waals surface area contributed by atoms with Gasteiger partial charge in [0, 0.05) is 38.6 Å². The third kappa shape index (κ3) is 4.53. The van der Waals surface area contributed by atoms with E-state index >= 15 is 0 Å². The van der Waals surface area contributed by atoms with Gasteiger partial charge in [-0.05, 0) is 36.9 Å². The van der Waals surface area contributed by atoms with Crippen molar-refractivity contribution in [2.24, 2.45) is 11.7 Å². The first kappa shape index (κ1) is 16.4. The fraction of sp³-hybridized carbons (Fsp3) is 0.611. The Morgan fingerprint density at radius 1 is 1.13 bits per heavy atom. The minimum Gasteiger partial charge on any atom is -0.390 e. The normalized spacial score (nSPS) is 22.9. The van der Waals surface area contributed by atoms with E-state index in [1.165, 1.54) is 11.1 Å². The van der Waals surface area contributed by atoms with E-state index in [4.69, 9.17) is 5.73 Å². The number of aliphatic hydroxyl groups is 1. The smallest absolute Gasteiger partial charge is 0.225 e. The van der Waals surface area contributed by atoms with Crippen LogP contribution in [-0.2, 0) is 17.8 Å². The Balaban J connectivity index is 1.56. The summed E-state index contributed by atoms with van der Waals surface area (Å²) >= 11 is 0. The van der Waals surface area contributed by atoms with Crippen LogP contribution in [0.25, 0.3) is 0 Å². The number of aliphatic hydroxyl groups excluding tert-OH is 1. The van der Waals surface area contributed by atoms with Gasteiger partial charge in [0.25, 0.3) is 0 Å². The fourth-order valence-electron chi connectivity index (χ4n) is 3.22. The van der Waals surface area contributed by atoms with Gasteiger partial charge >= 0.3 is 0 Å². The van der Waals surface area contributed by atoms with Crippen molar-refractivity contribution < 1.29 is 9.90 Å². The Labute approximate surface area is 138 Å². The van der Waals surface area contributed by atoms with Gasteiger partial charge in [-0.1, -0.05) is 24.3 Å². The topological polar surface area (TPSA) is 69.8 Å². The number of hydrogen-bond acceptors (Lipinski definition) is 4. The molecule has 1 saturated carbocycles. The average molecular weight is 317 g/mol. The molecule has 1 saturated heterocycles. The SMILES string of the molecule is NCCc1ccc(CN2CCN(C(=O)C3CC3)CC(O)C2)cc1. The van der Waals surface area contributed by atoms with Gasteiger partial charge < -0.3 is 15.7 Å². The van der Waals surface area contributed by atoms with Crippen LogP contribution in [-0.4, -0.2) is 59.6 Å². The van der Waals surface area contributed by atoms with E-state index in [1.807, 2.05) is 4.90 Å². The molecule has 1 aliphatic heterocycles. The lowest BCUT2D eigenvalue weighted by Crippen LogP contribution is -2.38. The Morgan fingerprint density at radius 2 is 1.83 bits per heavy atom. The molecule has 5 heteroatoms. The first-order valence-electron chi connectivity index (χ1n) is 8.63. The van der Waals surface area contributed by atoms with Crippen LogP contribution in [0.1, 0.15) is 24.0 Å². The molecule has 23 heavy (non-hydrogen) atoms. The van der Waals surface area contributed by atoms with E-state index < -0.39 is 6.10 Å². The van der Waals surface area contributed by atoms with Crippen molar-refractivity contribution in [1.29, 1.82) is 0 Å². The molecular weight excluding hydrogens is 290 g/mol. The summed E-state index contributed by atoms with van der Waals surface area (Å²) in [5.74, 6) is 0.459. The largest absolute Gasteiger partial charge is 0.390 e. The summed E-state index contributed by atoms with van der Waals surface area (Å²) in [6.45, 7) is 4.12. The van der Waals surface area contributed by atoms with E-state index in [-0.39, 0.29) is 11.8 Å². The number of carbonyl (C=O) groups is 1. The minimum atomic E-state index is -0.461. The molecule has 0 spiro atoms. The number of nitrogens with zero attached hydrogens (tertiary/aromatic N) is 2. The second kappa shape index (κ2) is 7.43. The van der Waals surface area contributed by atoms with Crippen LogP contribution < -0.4 is 5.73 Å². The highest BCUT2D eigenvalue weighted by Crippen LogP contribution is 2.31. The Hall–Kier alpha value is -1.43. The van der Waals surface area contributed by atoms with E-state index in [2.05, 4.69) is 29.2 Å². The van der Waals surface area contributed by atoms with Crippen molar-refractivity contribution in [3.05, 3.63) is 35.4 Å². The van der Waals surface area contributed by atoms with E-state index in [0.29, 0.717) is 19.6 Å². The quantitative estimate of drug-likeness (QED) is 0.834. The fourth-order valence-corrected chi connectivity index (χ4v) is 3.22. The number of rotatable bonds is 5. The van der Waals surface area contributed by atoms with Gasteiger partial charge in [0.15, 0.2) is 0 Å². The summed E-state index contributed by atoms with van der Waals surface area (Å²) in [4.78, 5) is 16.3. The van der Waals surface area contributed by atoms with Gasteiger partial charge in [0.05, 0.1) is 6.10 Å². The zero-order valence-corrected chi connectivity index (χ0v) is 13.7. The van der Waals surface area contributed by atoms with Crippen LogP contribution >= 0.6 is 0 Å². The molecule has 1 atom stereocenters. The summed E-state index contributed by atoms with van der Waals surface area (Å²) in [5.41, 5.74) is 8.07. The van der Waals surface area contributed by atoms with Crippen LogP contribution in [0.3, 0.4) is 0 Å².